The van der Waals surface area contributed by atoms with Gasteiger partial charge >= 0.3 is 0 Å². The van der Waals surface area contributed by atoms with Crippen LogP contribution in [0.2, 0.25) is 0 Å². The van der Waals surface area contributed by atoms with E-state index in [0.717, 1.165) is 6.42 Å². The number of nitrogens with zero attached hydrogens (tertiary/aromatic N) is 4. The summed E-state index contributed by atoms with van der Waals surface area (Å²) < 4.78 is 18.3. The summed E-state index contributed by atoms with van der Waals surface area (Å²) in [7, 11) is 0. The van der Waals surface area contributed by atoms with Crippen LogP contribution < -0.4 is 5.73 Å². The number of hydrogen-bond donors (Lipinski definition) is 3. The lowest BCUT2D eigenvalue weighted by atomic mass is 10.1. The molecule has 2 aliphatic rings. The molecule has 2 saturated heterocycles. The molecule has 0 saturated carbocycles. The smallest absolute Gasteiger partial charge is 0.172 e. The molecule has 0 spiro atoms. The monoisotopic (exact) mass is 337 g/mol. The van der Waals surface area contributed by atoms with Gasteiger partial charge < -0.3 is 30.2 Å². The van der Waals surface area contributed by atoms with Crippen LogP contribution >= 0.6 is 0 Å². The van der Waals surface area contributed by atoms with Crippen LogP contribution in [0.4, 0.5) is 0 Å². The highest BCUT2D eigenvalue weighted by molar-refractivity contribution is 5.68. The zero-order valence-electron chi connectivity index (χ0n) is 12.8. The van der Waals surface area contributed by atoms with Gasteiger partial charge in [-0.05, 0) is 6.42 Å². The maximum absolute atomic E-state index is 10.3. The molecule has 0 aromatic carbocycles. The highest BCUT2D eigenvalue weighted by atomic mass is 16.7. The normalized spacial score (nSPS) is 36.6. The highest BCUT2D eigenvalue weighted by Gasteiger charge is 2.45. The van der Waals surface area contributed by atoms with E-state index in [1.807, 2.05) is 0 Å². The second-order valence-corrected chi connectivity index (χ2v) is 5.95. The van der Waals surface area contributed by atoms with Gasteiger partial charge in [-0.3, -0.25) is 4.57 Å². The maximum Gasteiger partial charge on any atom is 0.172 e. The summed E-state index contributed by atoms with van der Waals surface area (Å²) in [5.74, 6) is 0. The van der Waals surface area contributed by atoms with Crippen molar-refractivity contribution < 1.29 is 24.4 Å². The molecular formula is C14H19N5O5. The molecule has 2 aromatic heterocycles. The van der Waals surface area contributed by atoms with E-state index in [1.165, 1.54) is 12.7 Å². The molecular weight excluding hydrogens is 318 g/mol. The number of fused-ring (bicyclic) bond motifs is 1. The molecule has 2 aliphatic heterocycles. The van der Waals surface area contributed by atoms with Crippen LogP contribution in [0.3, 0.4) is 0 Å². The quantitative estimate of drug-likeness (QED) is 0.610. The summed E-state index contributed by atoms with van der Waals surface area (Å²) in [5.41, 5.74) is 6.96. The van der Waals surface area contributed by atoms with E-state index in [1.54, 1.807) is 10.8 Å². The molecule has 0 amide bonds. The number of ether oxygens (including phenoxy) is 3. The summed E-state index contributed by atoms with van der Waals surface area (Å²) in [6.45, 7) is 0.612. The number of imidazole rings is 1. The number of hydrogen-bond acceptors (Lipinski definition) is 9. The van der Waals surface area contributed by atoms with E-state index >= 15 is 0 Å². The van der Waals surface area contributed by atoms with E-state index in [9.17, 15) is 10.2 Å². The minimum atomic E-state index is -1.14. The second kappa shape index (κ2) is 6.31. The molecule has 0 radical (unpaired) electrons. The van der Waals surface area contributed by atoms with Crippen LogP contribution in [0, 0.1) is 0 Å². The van der Waals surface area contributed by atoms with Gasteiger partial charge in [-0.25, -0.2) is 15.0 Å². The van der Waals surface area contributed by atoms with E-state index in [2.05, 4.69) is 15.0 Å². The third kappa shape index (κ3) is 2.66. The molecule has 0 aliphatic carbocycles. The first kappa shape index (κ1) is 15.8. The van der Waals surface area contributed by atoms with Gasteiger partial charge in [0.25, 0.3) is 0 Å². The van der Waals surface area contributed by atoms with Crippen molar-refractivity contribution in [3.8, 4) is 0 Å². The average Bonchev–Trinajstić information content (AvgIpc) is 3.26. The number of aromatic nitrogens is 4. The first-order chi connectivity index (χ1) is 11.6. The Balaban J connectivity index is 1.48. The predicted octanol–water partition coefficient (Wildman–Crippen LogP) is -1.46. The molecule has 4 heterocycles. The topological polar surface area (TPSA) is 138 Å². The minimum absolute atomic E-state index is 0.0642. The van der Waals surface area contributed by atoms with Crippen LogP contribution in [0.25, 0.3) is 11.2 Å². The Hall–Kier alpha value is -1.69. The zero-order chi connectivity index (χ0) is 16.7. The number of rotatable bonds is 4. The van der Waals surface area contributed by atoms with Gasteiger partial charge in [0.2, 0.25) is 0 Å². The van der Waals surface area contributed by atoms with Crippen molar-refractivity contribution in [2.24, 2.45) is 5.73 Å². The van der Waals surface area contributed by atoms with Gasteiger partial charge in [-0.1, -0.05) is 0 Å². The molecule has 2 aromatic rings. The molecule has 10 nitrogen and oxygen atoms in total. The molecule has 2 fully saturated rings. The van der Waals surface area contributed by atoms with Crippen LogP contribution in [0.5, 0.6) is 0 Å². The Kier molecular flexibility index (Phi) is 4.16. The summed E-state index contributed by atoms with van der Waals surface area (Å²) in [4.78, 5) is 12.2. The first-order valence-corrected chi connectivity index (χ1v) is 7.78. The summed E-state index contributed by atoms with van der Waals surface area (Å²) >= 11 is 0. The second-order valence-electron chi connectivity index (χ2n) is 5.95. The fourth-order valence-electron chi connectivity index (χ4n) is 3.01. The SMILES string of the molecule is N[C@H]1CCOC1OC[C@H]1O[C@@H](n2cnc3cncnc32)[C@H](O)[C@@H]1O. The van der Waals surface area contributed by atoms with Crippen molar-refractivity contribution in [1.82, 2.24) is 19.5 Å². The van der Waals surface area contributed by atoms with E-state index in [0.29, 0.717) is 17.8 Å². The number of aliphatic hydroxyl groups excluding tert-OH is 2. The molecule has 4 N–H and O–H groups in total. The molecule has 24 heavy (non-hydrogen) atoms. The molecule has 0 bridgehead atoms. The lowest BCUT2D eigenvalue weighted by molar-refractivity contribution is -0.153. The maximum atomic E-state index is 10.3. The minimum Gasteiger partial charge on any atom is -0.387 e. The van der Waals surface area contributed by atoms with Gasteiger partial charge in [-0.2, -0.15) is 0 Å². The van der Waals surface area contributed by atoms with Gasteiger partial charge in [-0.15, -0.1) is 0 Å². The van der Waals surface area contributed by atoms with Crippen molar-refractivity contribution in [1.29, 1.82) is 0 Å². The van der Waals surface area contributed by atoms with Gasteiger partial charge in [0.1, 0.15) is 30.2 Å². The molecule has 130 valence electrons. The van der Waals surface area contributed by atoms with Gasteiger partial charge in [0.05, 0.1) is 31.8 Å². The lowest BCUT2D eigenvalue weighted by Gasteiger charge is -2.20. The highest BCUT2D eigenvalue weighted by Crippen LogP contribution is 2.31. The molecule has 1 unspecified atom stereocenters. The van der Waals surface area contributed by atoms with Crippen molar-refractivity contribution in [2.45, 2.75) is 43.3 Å². The summed E-state index contributed by atoms with van der Waals surface area (Å²) in [6.07, 6.45) is 0.902. The Morgan fingerprint density at radius 2 is 2.21 bits per heavy atom. The Morgan fingerprint density at radius 3 is 3.00 bits per heavy atom. The Morgan fingerprint density at radius 1 is 1.33 bits per heavy atom. The average molecular weight is 337 g/mol. The molecule has 4 rings (SSSR count). The first-order valence-electron chi connectivity index (χ1n) is 7.78. The fraction of sp³-hybridized carbons (Fsp3) is 0.643. The van der Waals surface area contributed by atoms with Crippen molar-refractivity contribution in [2.75, 3.05) is 13.2 Å². The third-order valence-electron chi connectivity index (χ3n) is 4.36. The zero-order valence-corrected chi connectivity index (χ0v) is 12.8. The number of nitrogens with two attached hydrogens (primary N) is 1. The van der Waals surface area contributed by atoms with E-state index in [4.69, 9.17) is 19.9 Å². The summed E-state index contributed by atoms with van der Waals surface area (Å²) in [5, 5.41) is 20.6. The van der Waals surface area contributed by atoms with Crippen LogP contribution in [0.1, 0.15) is 12.6 Å². The van der Waals surface area contributed by atoms with Crippen molar-refractivity contribution in [3.63, 3.8) is 0 Å². The molecule has 6 atom stereocenters. The van der Waals surface area contributed by atoms with Crippen LogP contribution in [0.15, 0.2) is 18.9 Å². The van der Waals surface area contributed by atoms with Gasteiger partial charge in [0, 0.05) is 0 Å². The van der Waals surface area contributed by atoms with Crippen LogP contribution in [-0.4, -0.2) is 73.6 Å². The third-order valence-corrected chi connectivity index (χ3v) is 4.36. The fourth-order valence-corrected chi connectivity index (χ4v) is 3.01. The Labute approximate surface area is 137 Å². The van der Waals surface area contributed by atoms with Crippen LogP contribution in [-0.2, 0) is 14.2 Å². The number of aliphatic hydroxyl groups is 2. The van der Waals surface area contributed by atoms with E-state index in [-0.39, 0.29) is 12.6 Å². The largest absolute Gasteiger partial charge is 0.387 e. The van der Waals surface area contributed by atoms with Crippen molar-refractivity contribution in [3.05, 3.63) is 18.9 Å². The Bertz CT molecular complexity index is 712. The van der Waals surface area contributed by atoms with Gasteiger partial charge in [0.15, 0.2) is 18.2 Å². The summed E-state index contributed by atoms with van der Waals surface area (Å²) in [6, 6.07) is -0.196. The van der Waals surface area contributed by atoms with E-state index < -0.39 is 30.8 Å². The lowest BCUT2D eigenvalue weighted by Crippen LogP contribution is -2.38. The standard InChI is InChI=1S/C14H19N5O5/c15-7-1-2-22-14(7)23-4-9-10(20)11(21)13(24-9)19-6-18-8-3-16-5-17-12(8)19/h3,5-7,9-11,13-14,20-21H,1-2,4,15H2/t7-,9+,10+,11+,13+,14?/m0/s1. The predicted molar refractivity (Wildman–Crippen MR) is 79.5 cm³/mol. The molecule has 10 heteroatoms. The van der Waals surface area contributed by atoms with Crippen molar-refractivity contribution >= 4 is 11.2 Å².